The van der Waals surface area contributed by atoms with Crippen molar-refractivity contribution in [3.8, 4) is 0 Å². The molecule has 2 aromatic heterocycles. The second-order valence-corrected chi connectivity index (χ2v) is 5.90. The third-order valence-corrected chi connectivity index (χ3v) is 3.88. The quantitative estimate of drug-likeness (QED) is 0.613. The zero-order chi connectivity index (χ0) is 19.8. The van der Waals surface area contributed by atoms with Crippen LogP contribution in [0.15, 0.2) is 67.1 Å². The molecule has 0 aliphatic rings. The van der Waals surface area contributed by atoms with E-state index in [1.807, 2.05) is 24.3 Å². The molecule has 0 atom stereocenters. The Morgan fingerprint density at radius 2 is 1.86 bits per heavy atom. The van der Waals surface area contributed by atoms with E-state index in [0.29, 0.717) is 35.8 Å². The van der Waals surface area contributed by atoms with E-state index < -0.39 is 0 Å². The van der Waals surface area contributed by atoms with Gasteiger partial charge in [-0.25, -0.2) is 9.78 Å². The average molecular weight is 376 g/mol. The predicted octanol–water partition coefficient (Wildman–Crippen LogP) is 3.52. The lowest BCUT2D eigenvalue weighted by molar-refractivity contribution is 0.0526. The van der Waals surface area contributed by atoms with Crippen LogP contribution < -0.4 is 10.6 Å². The summed E-state index contributed by atoms with van der Waals surface area (Å²) in [5, 5.41) is 6.05. The summed E-state index contributed by atoms with van der Waals surface area (Å²) in [5.74, 6) is 0.0576. The highest BCUT2D eigenvalue weighted by molar-refractivity contribution is 6.04. The van der Waals surface area contributed by atoms with E-state index in [9.17, 15) is 9.59 Å². The van der Waals surface area contributed by atoms with Gasteiger partial charge in [0, 0.05) is 36.4 Å². The van der Waals surface area contributed by atoms with Gasteiger partial charge in [0.25, 0.3) is 5.91 Å². The van der Waals surface area contributed by atoms with E-state index in [1.54, 1.807) is 43.6 Å². The summed E-state index contributed by atoms with van der Waals surface area (Å²) in [4.78, 5) is 32.0. The van der Waals surface area contributed by atoms with Crippen LogP contribution in [0, 0.1) is 0 Å². The molecule has 0 aliphatic carbocycles. The number of anilines is 2. The molecule has 3 aromatic rings. The number of carbonyl (C=O) groups excluding carboxylic acids is 2. The minimum Gasteiger partial charge on any atom is -0.462 e. The molecule has 7 heteroatoms. The molecule has 0 saturated carbocycles. The van der Waals surface area contributed by atoms with E-state index in [0.717, 1.165) is 5.56 Å². The third kappa shape index (κ3) is 5.14. The van der Waals surface area contributed by atoms with Gasteiger partial charge < -0.3 is 15.4 Å². The van der Waals surface area contributed by atoms with Crippen LogP contribution in [0.4, 0.5) is 11.5 Å². The number of ether oxygens (including phenoxy) is 1. The molecule has 0 unspecified atom stereocenters. The summed E-state index contributed by atoms with van der Waals surface area (Å²) in [5.41, 5.74) is 2.63. The van der Waals surface area contributed by atoms with Gasteiger partial charge in [-0.3, -0.25) is 9.78 Å². The van der Waals surface area contributed by atoms with Gasteiger partial charge in [-0.2, -0.15) is 0 Å². The number of aromatic nitrogens is 2. The summed E-state index contributed by atoms with van der Waals surface area (Å²) < 4.78 is 4.94. The Hall–Kier alpha value is -3.74. The van der Waals surface area contributed by atoms with Crippen LogP contribution >= 0.6 is 0 Å². The van der Waals surface area contributed by atoms with Crippen molar-refractivity contribution in [3.05, 3.63) is 83.8 Å². The van der Waals surface area contributed by atoms with Crippen LogP contribution in [0.1, 0.15) is 33.2 Å². The van der Waals surface area contributed by atoms with Crippen LogP contribution in [0.2, 0.25) is 0 Å². The highest BCUT2D eigenvalue weighted by Gasteiger charge is 2.07. The first-order valence-corrected chi connectivity index (χ1v) is 8.83. The van der Waals surface area contributed by atoms with Crippen molar-refractivity contribution in [2.75, 3.05) is 17.2 Å². The molecule has 3 rings (SSSR count). The van der Waals surface area contributed by atoms with Gasteiger partial charge in [0.2, 0.25) is 0 Å². The average Bonchev–Trinajstić information content (AvgIpc) is 2.74. The number of pyridine rings is 2. The standard InChI is InChI=1S/C21H20N4O3/c1-2-28-21(27)17-6-7-19(24-14-17)23-13-15-4-3-5-18(12-15)25-20(26)16-8-10-22-11-9-16/h3-12,14H,2,13H2,1H3,(H,23,24)(H,25,26). The fraction of sp³-hybridized carbons (Fsp3) is 0.143. The molecule has 2 N–H and O–H groups in total. The molecule has 28 heavy (non-hydrogen) atoms. The van der Waals surface area contributed by atoms with Gasteiger partial charge in [-0.05, 0) is 48.9 Å². The highest BCUT2D eigenvalue weighted by Crippen LogP contribution is 2.14. The smallest absolute Gasteiger partial charge is 0.339 e. The molecule has 142 valence electrons. The van der Waals surface area contributed by atoms with E-state index >= 15 is 0 Å². The molecule has 2 heterocycles. The topological polar surface area (TPSA) is 93.2 Å². The second-order valence-electron chi connectivity index (χ2n) is 5.90. The first-order chi connectivity index (χ1) is 13.7. The number of benzene rings is 1. The van der Waals surface area contributed by atoms with Crippen LogP contribution in [-0.2, 0) is 11.3 Å². The van der Waals surface area contributed by atoms with E-state index in [2.05, 4.69) is 20.6 Å². The number of nitrogens with zero attached hydrogens (tertiary/aromatic N) is 2. The normalized spacial score (nSPS) is 10.2. The van der Waals surface area contributed by atoms with Crippen LogP contribution in [0.25, 0.3) is 0 Å². The Bertz CT molecular complexity index is 943. The molecule has 0 bridgehead atoms. The lowest BCUT2D eigenvalue weighted by Gasteiger charge is -2.09. The number of rotatable bonds is 7. The van der Waals surface area contributed by atoms with E-state index in [4.69, 9.17) is 4.74 Å². The molecule has 0 radical (unpaired) electrons. The van der Waals surface area contributed by atoms with Gasteiger partial charge in [-0.1, -0.05) is 12.1 Å². The van der Waals surface area contributed by atoms with Gasteiger partial charge >= 0.3 is 5.97 Å². The summed E-state index contributed by atoms with van der Waals surface area (Å²) in [6.07, 6.45) is 4.64. The maximum Gasteiger partial charge on any atom is 0.339 e. The Morgan fingerprint density at radius 1 is 1.04 bits per heavy atom. The molecule has 0 saturated heterocycles. The Labute approximate surface area is 162 Å². The predicted molar refractivity (Wildman–Crippen MR) is 106 cm³/mol. The van der Waals surface area contributed by atoms with Gasteiger partial charge in [0.1, 0.15) is 5.82 Å². The first kappa shape index (κ1) is 19.0. The lowest BCUT2D eigenvalue weighted by atomic mass is 10.2. The number of amides is 1. The zero-order valence-electron chi connectivity index (χ0n) is 15.4. The van der Waals surface area contributed by atoms with E-state index in [-0.39, 0.29) is 11.9 Å². The van der Waals surface area contributed by atoms with Crippen molar-refractivity contribution in [1.82, 2.24) is 9.97 Å². The monoisotopic (exact) mass is 376 g/mol. The fourth-order valence-electron chi connectivity index (χ4n) is 2.49. The molecular formula is C21H20N4O3. The minimum atomic E-state index is -0.390. The summed E-state index contributed by atoms with van der Waals surface area (Å²) in [6, 6.07) is 14.2. The number of nitrogens with one attached hydrogen (secondary N) is 2. The second kappa shape index (κ2) is 9.27. The Balaban J connectivity index is 1.59. The van der Waals surface area contributed by atoms with E-state index in [1.165, 1.54) is 6.20 Å². The maximum absolute atomic E-state index is 12.2. The molecule has 1 aromatic carbocycles. The van der Waals surface area contributed by atoms with Crippen LogP contribution in [0.3, 0.4) is 0 Å². The number of hydrogen-bond donors (Lipinski definition) is 2. The van der Waals surface area contributed by atoms with Crippen molar-refractivity contribution in [2.24, 2.45) is 0 Å². The Kier molecular flexibility index (Phi) is 6.30. The number of esters is 1. The van der Waals surface area contributed by atoms with Crippen LogP contribution in [0.5, 0.6) is 0 Å². The fourth-order valence-corrected chi connectivity index (χ4v) is 2.49. The maximum atomic E-state index is 12.2. The Morgan fingerprint density at radius 3 is 2.57 bits per heavy atom. The largest absolute Gasteiger partial charge is 0.462 e. The number of hydrogen-bond acceptors (Lipinski definition) is 6. The third-order valence-electron chi connectivity index (χ3n) is 3.88. The molecule has 0 fully saturated rings. The van der Waals surface area contributed by atoms with Crippen molar-refractivity contribution in [2.45, 2.75) is 13.5 Å². The first-order valence-electron chi connectivity index (χ1n) is 8.83. The van der Waals surface area contributed by atoms with Crippen molar-refractivity contribution >= 4 is 23.4 Å². The van der Waals surface area contributed by atoms with Gasteiger partial charge in [0.05, 0.1) is 12.2 Å². The summed E-state index contributed by atoms with van der Waals surface area (Å²) >= 11 is 0. The van der Waals surface area contributed by atoms with Crippen molar-refractivity contribution in [1.29, 1.82) is 0 Å². The summed E-state index contributed by atoms with van der Waals surface area (Å²) in [6.45, 7) is 2.60. The van der Waals surface area contributed by atoms with Crippen molar-refractivity contribution < 1.29 is 14.3 Å². The van der Waals surface area contributed by atoms with Gasteiger partial charge in [-0.15, -0.1) is 0 Å². The lowest BCUT2D eigenvalue weighted by Crippen LogP contribution is -2.12. The minimum absolute atomic E-state index is 0.191. The summed E-state index contributed by atoms with van der Waals surface area (Å²) in [7, 11) is 0. The molecule has 0 aliphatic heterocycles. The molecule has 7 nitrogen and oxygen atoms in total. The molecule has 0 spiro atoms. The molecular weight excluding hydrogens is 356 g/mol. The number of carbonyl (C=O) groups is 2. The van der Waals surface area contributed by atoms with Crippen molar-refractivity contribution in [3.63, 3.8) is 0 Å². The molecule has 1 amide bonds. The van der Waals surface area contributed by atoms with Gasteiger partial charge in [0.15, 0.2) is 0 Å². The highest BCUT2D eigenvalue weighted by atomic mass is 16.5. The van der Waals surface area contributed by atoms with Crippen LogP contribution in [-0.4, -0.2) is 28.5 Å². The SMILES string of the molecule is CCOC(=O)c1ccc(NCc2cccc(NC(=O)c3ccncc3)c2)nc1. The zero-order valence-corrected chi connectivity index (χ0v) is 15.4.